The zero-order valence-electron chi connectivity index (χ0n) is 35.6. The molecule has 4 aromatic heterocycles. The van der Waals surface area contributed by atoms with Gasteiger partial charge < -0.3 is 13.7 Å². The second-order valence-corrected chi connectivity index (χ2v) is 19.7. The van der Waals surface area contributed by atoms with Crippen molar-refractivity contribution in [3.8, 4) is 22.3 Å². The molecule has 65 heavy (non-hydrogen) atoms. The molecule has 4 heterocycles. The molecule has 0 N–H and O–H groups in total. The molecule has 0 saturated heterocycles. The van der Waals surface area contributed by atoms with Gasteiger partial charge in [-0.05, 0) is 119 Å². The van der Waals surface area contributed by atoms with Crippen molar-refractivity contribution in [3.05, 3.63) is 208 Å². The predicted molar refractivity (Wildman–Crippen MR) is 273 cm³/mol. The van der Waals surface area contributed by atoms with Crippen LogP contribution in [0.2, 0.25) is 0 Å². The number of nitrogens with zero attached hydrogens (tertiary/aromatic N) is 2. The Morgan fingerprint density at radius 3 is 2.23 bits per heavy atom. The molecule has 4 atom stereocenters. The molecule has 0 bridgehead atoms. The fraction of sp³-hybridized carbons (Fsp3) is 0.115. The number of aromatic nitrogens is 1. The third-order valence-electron chi connectivity index (χ3n) is 15.2. The van der Waals surface area contributed by atoms with Crippen molar-refractivity contribution < 1.29 is 4.42 Å². The van der Waals surface area contributed by atoms with Crippen molar-refractivity contribution in [2.75, 3.05) is 4.90 Å². The molecule has 4 aliphatic rings. The number of aryl methyl sites for hydroxylation is 1. The first-order chi connectivity index (χ1) is 32.2. The monoisotopic (exact) mass is 850 g/mol. The van der Waals surface area contributed by atoms with Gasteiger partial charge in [0.2, 0.25) is 0 Å². The van der Waals surface area contributed by atoms with E-state index in [-0.39, 0.29) is 0 Å². The number of para-hydroxylation sites is 4. The van der Waals surface area contributed by atoms with Crippen molar-refractivity contribution in [2.45, 2.75) is 19.3 Å². The van der Waals surface area contributed by atoms with Crippen LogP contribution < -0.4 is 15.5 Å². The first kappa shape index (κ1) is 36.0. The van der Waals surface area contributed by atoms with Gasteiger partial charge in [-0.1, -0.05) is 146 Å². The highest BCUT2D eigenvalue weighted by Gasteiger charge is 2.52. The van der Waals surface area contributed by atoms with Gasteiger partial charge in [0, 0.05) is 64.4 Å². The van der Waals surface area contributed by atoms with Crippen LogP contribution in [-0.2, 0) is 6.42 Å². The van der Waals surface area contributed by atoms with Gasteiger partial charge in [0.1, 0.15) is 11.0 Å². The highest BCUT2D eigenvalue weighted by Crippen LogP contribution is 2.57. The van der Waals surface area contributed by atoms with Crippen LogP contribution in [0.4, 0.5) is 5.69 Å². The molecule has 308 valence electrons. The number of rotatable bonds is 6. The summed E-state index contributed by atoms with van der Waals surface area (Å²) in [5, 5.41) is 9.16. The Hall–Kier alpha value is -7.40. The van der Waals surface area contributed by atoms with Gasteiger partial charge in [-0.15, -0.1) is 11.3 Å². The van der Waals surface area contributed by atoms with Gasteiger partial charge in [-0.2, -0.15) is 0 Å². The van der Waals surface area contributed by atoms with E-state index in [1.54, 1.807) is 0 Å². The maximum absolute atomic E-state index is 6.38. The molecule has 0 radical (unpaired) electrons. The minimum atomic E-state index is 0.465. The Balaban J connectivity index is 0.815. The summed E-state index contributed by atoms with van der Waals surface area (Å²) in [6, 6.07) is 58.2. The van der Waals surface area contributed by atoms with E-state index in [1.807, 2.05) is 11.3 Å². The summed E-state index contributed by atoms with van der Waals surface area (Å²) < 4.78 is 10.3. The Bertz CT molecular complexity index is 4010. The molecule has 4 unspecified atom stereocenters. The van der Waals surface area contributed by atoms with Crippen molar-refractivity contribution in [2.24, 2.45) is 23.7 Å². The van der Waals surface area contributed by atoms with E-state index in [0.717, 1.165) is 30.3 Å². The highest BCUT2D eigenvalue weighted by molar-refractivity contribution is 7.20. The largest absolute Gasteiger partial charge is 0.456 e. The molecular formula is C61H42N2OS. The van der Waals surface area contributed by atoms with Crippen molar-refractivity contribution in [1.29, 1.82) is 0 Å². The average Bonchev–Trinajstić information content (AvgIpc) is 3.63. The maximum Gasteiger partial charge on any atom is 0.135 e. The van der Waals surface area contributed by atoms with E-state index in [0.29, 0.717) is 23.7 Å². The number of furan rings is 1. The zero-order valence-corrected chi connectivity index (χ0v) is 36.4. The molecule has 1 saturated carbocycles. The lowest BCUT2D eigenvalue weighted by Crippen LogP contribution is -2.26. The number of benzene rings is 7. The number of thiophene rings is 1. The van der Waals surface area contributed by atoms with Crippen LogP contribution in [0.5, 0.6) is 0 Å². The first-order valence-electron chi connectivity index (χ1n) is 23.2. The minimum absolute atomic E-state index is 0.465. The van der Waals surface area contributed by atoms with Gasteiger partial charge >= 0.3 is 0 Å². The normalized spacial score (nSPS) is 19.9. The minimum Gasteiger partial charge on any atom is -0.456 e. The molecule has 4 heteroatoms. The molecule has 4 aliphatic carbocycles. The molecule has 0 aliphatic heterocycles. The van der Waals surface area contributed by atoms with Gasteiger partial charge in [0.05, 0.1) is 16.6 Å². The van der Waals surface area contributed by atoms with Gasteiger partial charge in [-0.25, -0.2) is 0 Å². The number of fused-ring (bicyclic) bond motifs is 13. The lowest BCUT2D eigenvalue weighted by molar-refractivity contribution is 0.534. The number of hydrogen-bond donors (Lipinski definition) is 0. The Kier molecular flexibility index (Phi) is 7.51. The summed E-state index contributed by atoms with van der Waals surface area (Å²) in [6.45, 7) is 0. The fourth-order valence-corrected chi connectivity index (χ4v) is 13.5. The summed E-state index contributed by atoms with van der Waals surface area (Å²) in [5.74, 6) is 2.12. The van der Waals surface area contributed by atoms with Gasteiger partial charge in [0.15, 0.2) is 0 Å². The third kappa shape index (κ3) is 5.29. The second-order valence-electron chi connectivity index (χ2n) is 18.6. The van der Waals surface area contributed by atoms with Gasteiger partial charge in [0.25, 0.3) is 0 Å². The summed E-state index contributed by atoms with van der Waals surface area (Å²) in [6.07, 6.45) is 17.9. The molecule has 0 amide bonds. The number of hydrogen-bond acceptors (Lipinski definition) is 3. The van der Waals surface area contributed by atoms with Crippen LogP contribution >= 0.6 is 11.3 Å². The summed E-state index contributed by atoms with van der Waals surface area (Å²) >= 11 is 1.95. The molecule has 0 spiro atoms. The highest BCUT2D eigenvalue weighted by atomic mass is 32.1. The molecule has 11 aromatic rings. The predicted octanol–water partition coefficient (Wildman–Crippen LogP) is 14.5. The van der Waals surface area contributed by atoms with Gasteiger partial charge in [-0.3, -0.25) is 0 Å². The molecular weight excluding hydrogens is 809 g/mol. The second kappa shape index (κ2) is 13.6. The molecule has 3 nitrogen and oxygen atoms in total. The van der Waals surface area contributed by atoms with Crippen LogP contribution in [0.3, 0.4) is 0 Å². The summed E-state index contributed by atoms with van der Waals surface area (Å²) in [4.78, 5) is 3.95. The van der Waals surface area contributed by atoms with E-state index in [4.69, 9.17) is 4.42 Å². The van der Waals surface area contributed by atoms with Crippen molar-refractivity contribution in [3.63, 3.8) is 0 Å². The Morgan fingerprint density at radius 1 is 0.600 bits per heavy atom. The quantitative estimate of drug-likeness (QED) is 0.166. The van der Waals surface area contributed by atoms with E-state index in [9.17, 15) is 0 Å². The fourth-order valence-electron chi connectivity index (χ4n) is 12.2. The van der Waals surface area contributed by atoms with Crippen LogP contribution in [0.1, 0.15) is 23.3 Å². The van der Waals surface area contributed by atoms with E-state index >= 15 is 0 Å². The van der Waals surface area contributed by atoms with Crippen LogP contribution in [-0.4, -0.2) is 4.40 Å². The van der Waals surface area contributed by atoms with Crippen LogP contribution in [0.15, 0.2) is 192 Å². The lowest BCUT2D eigenvalue weighted by Gasteiger charge is -2.31. The number of anilines is 1. The lowest BCUT2D eigenvalue weighted by atomic mass is 9.93. The SMILES string of the molecule is C1=CC2C(C=C1N(C1=Cc3sc4cc(-c5cccc6c7cccc8c9ccccc9n(c56)c87)ccc4c3CC1)c1ccc(-c3ccccc3)cc1)C2C1C=c2oc3ccccc3c2=CC1. The summed E-state index contributed by atoms with van der Waals surface area (Å²) in [7, 11) is 0. The van der Waals surface area contributed by atoms with E-state index in [2.05, 4.69) is 203 Å². The Labute approximate surface area is 379 Å². The molecule has 1 fully saturated rings. The van der Waals surface area contributed by atoms with Crippen molar-refractivity contribution in [1.82, 2.24) is 4.40 Å². The Morgan fingerprint density at radius 2 is 1.34 bits per heavy atom. The topological polar surface area (TPSA) is 20.8 Å². The average molecular weight is 851 g/mol. The maximum atomic E-state index is 6.38. The van der Waals surface area contributed by atoms with Crippen molar-refractivity contribution >= 4 is 94.4 Å². The van der Waals surface area contributed by atoms with Crippen LogP contribution in [0.25, 0.3) is 99.6 Å². The molecule has 15 rings (SSSR count). The van der Waals surface area contributed by atoms with Crippen LogP contribution in [0, 0.1) is 23.7 Å². The first-order valence-corrected chi connectivity index (χ1v) is 24.0. The standard InChI is InChI=1S/C61H42N2OS/c1-2-10-36(11-3-1)37-20-24-40(25-21-37)62(41-27-31-49-53(34-41)59(49)39-23-28-46-45-13-5-7-19-55(45)64-56(46)32-39)42-26-30-48-47-29-22-38(33-57(47)65-58(48)35-42)43-14-8-16-51-52-17-9-15-50-44-12-4-6-18-54(44)63(60(43)51)61(50)52/h1-22,24-25,27-29,31-35,39,49,53,59H,23,26,30H2. The summed E-state index contributed by atoms with van der Waals surface area (Å²) in [5.41, 5.74) is 16.3. The third-order valence-corrected chi connectivity index (χ3v) is 16.4. The zero-order chi connectivity index (χ0) is 42.3. The molecule has 7 aromatic carbocycles. The van der Waals surface area contributed by atoms with E-state index in [1.165, 1.54) is 109 Å². The number of allylic oxidation sites excluding steroid dienone is 4. The smallest absolute Gasteiger partial charge is 0.135 e. The van der Waals surface area contributed by atoms with E-state index < -0.39 is 0 Å².